The molecule has 2 heterocycles. The van der Waals surface area contributed by atoms with Crippen LogP contribution in [0.5, 0.6) is 11.5 Å². The largest absolute Gasteiger partial charge is 0.454 e. The molecule has 2 aromatic rings. The molecular formula is C23H28N3O4+. The zero-order chi connectivity index (χ0) is 21.1. The van der Waals surface area contributed by atoms with E-state index in [1.54, 1.807) is 12.1 Å². The summed E-state index contributed by atoms with van der Waals surface area (Å²) in [5.74, 6) is 1.34. The average molecular weight is 410 g/mol. The Labute approximate surface area is 176 Å². The van der Waals surface area contributed by atoms with E-state index in [4.69, 9.17) is 9.47 Å². The second-order valence-corrected chi connectivity index (χ2v) is 8.11. The van der Waals surface area contributed by atoms with Gasteiger partial charge in [0.25, 0.3) is 5.91 Å². The minimum Gasteiger partial charge on any atom is -0.454 e. The summed E-state index contributed by atoms with van der Waals surface area (Å²) in [6.45, 7) is 6.33. The molecule has 0 atom stereocenters. The second kappa shape index (κ2) is 8.75. The fraction of sp³-hybridized carbons (Fsp3) is 0.391. The van der Waals surface area contributed by atoms with Gasteiger partial charge in [-0.25, -0.2) is 0 Å². The summed E-state index contributed by atoms with van der Waals surface area (Å²) in [5.41, 5.74) is 3.92. The Hall–Kier alpha value is -3.06. The van der Waals surface area contributed by atoms with Crippen LogP contribution in [-0.4, -0.2) is 38.2 Å². The van der Waals surface area contributed by atoms with Crippen molar-refractivity contribution in [1.82, 2.24) is 0 Å². The van der Waals surface area contributed by atoms with Crippen molar-refractivity contribution in [3.63, 3.8) is 0 Å². The lowest BCUT2D eigenvalue weighted by atomic mass is 9.95. The lowest BCUT2D eigenvalue weighted by Crippen LogP contribution is -3.14. The summed E-state index contributed by atoms with van der Waals surface area (Å²) < 4.78 is 10.7. The molecule has 158 valence electrons. The standard InChI is InChI=1S/C23H27N3O4/c1-15-3-4-18(11-16(15)2)24-22(27)13-26-9-7-17(8-10-26)23(28)25-19-5-6-20-21(12-19)30-14-29-20/h3-6,11-12,17H,7-10,13-14H2,1-2H3,(H,24,27)(H,25,28)/p+1. The molecule has 3 N–H and O–H groups in total. The molecule has 1 fully saturated rings. The SMILES string of the molecule is Cc1ccc(NC(=O)C[NH+]2CCC(C(=O)Nc3ccc4c(c3)OCO4)CC2)cc1C. The van der Waals surface area contributed by atoms with Gasteiger partial charge in [-0.15, -0.1) is 0 Å². The van der Waals surface area contributed by atoms with Crippen molar-refractivity contribution >= 4 is 23.2 Å². The van der Waals surface area contributed by atoms with Crippen LogP contribution >= 0.6 is 0 Å². The molecule has 0 spiro atoms. The number of benzene rings is 2. The number of carbonyl (C=O) groups is 2. The van der Waals surface area contributed by atoms with Gasteiger partial charge < -0.3 is 25.0 Å². The maximum Gasteiger partial charge on any atom is 0.279 e. The predicted octanol–water partition coefficient (Wildman–Crippen LogP) is 1.90. The van der Waals surface area contributed by atoms with Crippen LogP contribution in [0.25, 0.3) is 0 Å². The number of fused-ring (bicyclic) bond motifs is 1. The third-order valence-electron chi connectivity index (χ3n) is 5.90. The van der Waals surface area contributed by atoms with Crippen molar-refractivity contribution in [2.45, 2.75) is 26.7 Å². The smallest absolute Gasteiger partial charge is 0.279 e. The molecule has 1 saturated heterocycles. The molecule has 2 aromatic carbocycles. The molecule has 2 amide bonds. The molecule has 0 aliphatic carbocycles. The summed E-state index contributed by atoms with van der Waals surface area (Å²) in [5, 5.41) is 5.96. The summed E-state index contributed by atoms with van der Waals surface area (Å²) in [4.78, 5) is 26.2. The number of likely N-dealkylation sites (tertiary alicyclic amines) is 1. The van der Waals surface area contributed by atoms with Gasteiger partial charge in [0.15, 0.2) is 18.0 Å². The monoisotopic (exact) mass is 410 g/mol. The van der Waals surface area contributed by atoms with E-state index in [-0.39, 0.29) is 24.5 Å². The van der Waals surface area contributed by atoms with Gasteiger partial charge in [-0.2, -0.15) is 0 Å². The summed E-state index contributed by atoms with van der Waals surface area (Å²) in [7, 11) is 0. The Kier molecular flexibility index (Phi) is 5.90. The van der Waals surface area contributed by atoms with Crippen molar-refractivity contribution < 1.29 is 24.0 Å². The number of hydrogen-bond donors (Lipinski definition) is 3. The molecule has 7 nitrogen and oxygen atoms in total. The number of quaternary nitrogens is 1. The van der Waals surface area contributed by atoms with E-state index < -0.39 is 0 Å². The van der Waals surface area contributed by atoms with E-state index in [2.05, 4.69) is 17.6 Å². The van der Waals surface area contributed by atoms with Crippen LogP contribution in [0.1, 0.15) is 24.0 Å². The highest BCUT2D eigenvalue weighted by atomic mass is 16.7. The van der Waals surface area contributed by atoms with Crippen molar-refractivity contribution in [3.8, 4) is 11.5 Å². The number of carbonyl (C=O) groups excluding carboxylic acids is 2. The van der Waals surface area contributed by atoms with Crippen LogP contribution in [0.3, 0.4) is 0 Å². The zero-order valence-electron chi connectivity index (χ0n) is 17.4. The lowest BCUT2D eigenvalue weighted by molar-refractivity contribution is -0.897. The summed E-state index contributed by atoms with van der Waals surface area (Å²) in [6, 6.07) is 11.4. The van der Waals surface area contributed by atoms with E-state index in [1.807, 2.05) is 31.2 Å². The number of anilines is 2. The molecule has 0 aromatic heterocycles. The highest BCUT2D eigenvalue weighted by molar-refractivity contribution is 5.93. The molecule has 4 rings (SSSR count). The van der Waals surface area contributed by atoms with E-state index in [9.17, 15) is 9.59 Å². The molecule has 0 radical (unpaired) electrons. The third-order valence-corrected chi connectivity index (χ3v) is 5.90. The van der Waals surface area contributed by atoms with E-state index in [1.165, 1.54) is 10.5 Å². The molecule has 2 aliphatic heterocycles. The first-order valence-electron chi connectivity index (χ1n) is 10.4. The maximum absolute atomic E-state index is 12.6. The lowest BCUT2D eigenvalue weighted by Gasteiger charge is -2.28. The fourth-order valence-corrected chi connectivity index (χ4v) is 3.94. The molecular weight excluding hydrogens is 382 g/mol. The molecule has 0 saturated carbocycles. The van der Waals surface area contributed by atoms with Gasteiger partial charge in [-0.05, 0) is 49.2 Å². The highest BCUT2D eigenvalue weighted by Crippen LogP contribution is 2.34. The number of hydrogen-bond acceptors (Lipinski definition) is 4. The van der Waals surface area contributed by atoms with Gasteiger partial charge in [0.2, 0.25) is 12.7 Å². The van der Waals surface area contributed by atoms with Gasteiger partial charge in [0.1, 0.15) is 0 Å². The minimum atomic E-state index is -0.0398. The number of rotatable bonds is 5. The number of amides is 2. The highest BCUT2D eigenvalue weighted by Gasteiger charge is 2.29. The van der Waals surface area contributed by atoms with Crippen molar-refractivity contribution in [3.05, 3.63) is 47.5 Å². The van der Waals surface area contributed by atoms with Crippen LogP contribution in [0.4, 0.5) is 11.4 Å². The third kappa shape index (κ3) is 4.74. The Morgan fingerprint density at radius 3 is 2.40 bits per heavy atom. The Balaban J connectivity index is 1.23. The van der Waals surface area contributed by atoms with E-state index >= 15 is 0 Å². The molecule has 30 heavy (non-hydrogen) atoms. The van der Waals surface area contributed by atoms with Gasteiger partial charge in [0.05, 0.1) is 13.1 Å². The summed E-state index contributed by atoms with van der Waals surface area (Å²) >= 11 is 0. The number of piperidine rings is 1. The van der Waals surface area contributed by atoms with Crippen LogP contribution in [0.2, 0.25) is 0 Å². The first kappa shape index (κ1) is 20.2. The topological polar surface area (TPSA) is 81.1 Å². The van der Waals surface area contributed by atoms with Crippen LogP contribution < -0.4 is 25.0 Å². The van der Waals surface area contributed by atoms with Crippen molar-refractivity contribution in [2.75, 3.05) is 37.1 Å². The molecule has 0 unspecified atom stereocenters. The Bertz CT molecular complexity index is 951. The Morgan fingerprint density at radius 2 is 1.63 bits per heavy atom. The molecule has 0 bridgehead atoms. The Morgan fingerprint density at radius 1 is 0.933 bits per heavy atom. The van der Waals surface area contributed by atoms with Gasteiger partial charge >= 0.3 is 0 Å². The molecule has 7 heteroatoms. The van der Waals surface area contributed by atoms with E-state index in [0.29, 0.717) is 23.7 Å². The van der Waals surface area contributed by atoms with E-state index in [0.717, 1.165) is 37.2 Å². The van der Waals surface area contributed by atoms with Crippen molar-refractivity contribution in [1.29, 1.82) is 0 Å². The second-order valence-electron chi connectivity index (χ2n) is 8.11. The minimum absolute atomic E-state index is 0.0107. The first-order chi connectivity index (χ1) is 14.5. The van der Waals surface area contributed by atoms with Crippen LogP contribution in [-0.2, 0) is 9.59 Å². The van der Waals surface area contributed by atoms with Crippen LogP contribution in [0, 0.1) is 19.8 Å². The fourth-order valence-electron chi connectivity index (χ4n) is 3.94. The summed E-state index contributed by atoms with van der Waals surface area (Å²) in [6.07, 6.45) is 1.53. The number of nitrogens with one attached hydrogen (secondary N) is 3. The normalized spacial score (nSPS) is 19.9. The van der Waals surface area contributed by atoms with Gasteiger partial charge in [-0.3, -0.25) is 9.59 Å². The molecule has 2 aliphatic rings. The van der Waals surface area contributed by atoms with Gasteiger partial charge in [-0.1, -0.05) is 6.07 Å². The number of aryl methyl sites for hydroxylation is 2. The van der Waals surface area contributed by atoms with Crippen molar-refractivity contribution in [2.24, 2.45) is 5.92 Å². The van der Waals surface area contributed by atoms with Gasteiger partial charge in [0, 0.05) is 36.2 Å². The average Bonchev–Trinajstić information content (AvgIpc) is 3.19. The number of ether oxygens (including phenoxy) is 2. The predicted molar refractivity (Wildman–Crippen MR) is 114 cm³/mol. The maximum atomic E-state index is 12.6. The zero-order valence-corrected chi connectivity index (χ0v) is 17.4. The quantitative estimate of drug-likeness (QED) is 0.703. The van der Waals surface area contributed by atoms with Crippen LogP contribution in [0.15, 0.2) is 36.4 Å². The first-order valence-corrected chi connectivity index (χ1v) is 10.4.